The van der Waals surface area contributed by atoms with Gasteiger partial charge in [0.05, 0.1) is 6.04 Å². The van der Waals surface area contributed by atoms with Gasteiger partial charge in [-0.2, -0.15) is 4.31 Å². The molecule has 3 heterocycles. The van der Waals surface area contributed by atoms with Crippen LogP contribution in [-0.4, -0.2) is 73.7 Å². The molecule has 2 aliphatic heterocycles. The Morgan fingerprint density at radius 3 is 2.22 bits per heavy atom. The molecule has 0 N–H and O–H groups in total. The molecule has 3 rings (SSSR count). The van der Waals surface area contributed by atoms with Crippen LogP contribution in [0.15, 0.2) is 16.3 Å². The molecule has 0 spiro atoms. The zero-order valence-electron chi connectivity index (χ0n) is 16.7. The predicted molar refractivity (Wildman–Crippen MR) is 108 cm³/mol. The van der Waals surface area contributed by atoms with E-state index in [-0.39, 0.29) is 11.9 Å². The van der Waals surface area contributed by atoms with Crippen molar-refractivity contribution in [3.63, 3.8) is 0 Å². The largest absolute Gasteiger partial charge is 0.341 e. The smallest absolute Gasteiger partial charge is 0.252 e. The number of likely N-dealkylation sites (tertiary alicyclic amines) is 1. The summed E-state index contributed by atoms with van der Waals surface area (Å²) in [5.41, 5.74) is 0. The van der Waals surface area contributed by atoms with Gasteiger partial charge >= 0.3 is 0 Å². The Bertz CT molecular complexity index is 759. The Morgan fingerprint density at radius 1 is 1.11 bits per heavy atom. The molecule has 3 unspecified atom stereocenters. The number of nitrogens with zero attached hydrogens (tertiary/aromatic N) is 3. The van der Waals surface area contributed by atoms with Gasteiger partial charge in [-0.3, -0.25) is 9.69 Å². The predicted octanol–water partition coefficient (Wildman–Crippen LogP) is 2.26. The molecule has 0 radical (unpaired) electrons. The van der Waals surface area contributed by atoms with E-state index in [1.807, 2.05) is 24.8 Å². The number of carbonyl (C=O) groups excluding carboxylic acids is 1. The van der Waals surface area contributed by atoms with Crippen LogP contribution in [0.3, 0.4) is 0 Å². The Hall–Kier alpha value is -0.960. The van der Waals surface area contributed by atoms with Crippen LogP contribution in [-0.2, 0) is 14.8 Å². The van der Waals surface area contributed by atoms with Crippen molar-refractivity contribution in [2.75, 3.05) is 39.3 Å². The average Bonchev–Trinajstić information content (AvgIpc) is 3.07. The van der Waals surface area contributed by atoms with E-state index in [4.69, 9.17) is 0 Å². The molecule has 152 valence electrons. The molecule has 1 amide bonds. The molecular formula is C19H31N3O3S2. The van der Waals surface area contributed by atoms with Gasteiger partial charge in [0.15, 0.2) is 0 Å². The fraction of sp³-hybridized carbons (Fsp3) is 0.737. The third-order valence-corrected chi connectivity index (χ3v) is 9.04. The van der Waals surface area contributed by atoms with Gasteiger partial charge in [-0.25, -0.2) is 8.42 Å². The van der Waals surface area contributed by atoms with E-state index in [1.54, 1.807) is 10.4 Å². The average molecular weight is 414 g/mol. The van der Waals surface area contributed by atoms with Crippen molar-refractivity contribution in [3.05, 3.63) is 17.0 Å². The fourth-order valence-corrected chi connectivity index (χ4v) is 7.13. The van der Waals surface area contributed by atoms with E-state index >= 15 is 0 Å². The molecule has 0 saturated carbocycles. The van der Waals surface area contributed by atoms with Crippen LogP contribution in [0.4, 0.5) is 0 Å². The highest BCUT2D eigenvalue weighted by atomic mass is 32.2. The minimum Gasteiger partial charge on any atom is -0.341 e. The summed E-state index contributed by atoms with van der Waals surface area (Å²) in [6, 6.07) is 3.33. The van der Waals surface area contributed by atoms with Gasteiger partial charge in [0.2, 0.25) is 5.91 Å². The lowest BCUT2D eigenvalue weighted by atomic mass is 9.91. The van der Waals surface area contributed by atoms with Gasteiger partial charge in [-0.1, -0.05) is 13.8 Å². The van der Waals surface area contributed by atoms with Gasteiger partial charge in [-0.05, 0) is 44.2 Å². The van der Waals surface area contributed by atoms with E-state index < -0.39 is 10.0 Å². The molecule has 1 aromatic heterocycles. The molecule has 6 nitrogen and oxygen atoms in total. The molecule has 2 aliphatic rings. The Morgan fingerprint density at radius 2 is 1.70 bits per heavy atom. The summed E-state index contributed by atoms with van der Waals surface area (Å²) in [4.78, 5) is 18.1. The lowest BCUT2D eigenvalue weighted by molar-refractivity contribution is -0.139. The van der Waals surface area contributed by atoms with E-state index in [9.17, 15) is 13.2 Å². The second-order valence-corrected chi connectivity index (χ2v) is 11.6. The van der Waals surface area contributed by atoms with Crippen molar-refractivity contribution in [1.82, 2.24) is 14.1 Å². The molecule has 2 saturated heterocycles. The summed E-state index contributed by atoms with van der Waals surface area (Å²) in [7, 11) is -3.42. The normalized spacial score (nSPS) is 26.9. The lowest BCUT2D eigenvalue weighted by Crippen LogP contribution is -2.56. The first-order valence-electron chi connectivity index (χ1n) is 9.78. The standard InChI is InChI=1S/C19H31N3O3S2/c1-14-11-15(2)13-21(12-14)19(23)17(4)20-7-9-22(10-8-20)27(24,25)18-6-5-16(3)26-18/h5-6,14-15,17H,7-13H2,1-4H3. The highest BCUT2D eigenvalue weighted by Gasteiger charge is 2.35. The van der Waals surface area contributed by atoms with Crippen molar-refractivity contribution < 1.29 is 13.2 Å². The summed E-state index contributed by atoms with van der Waals surface area (Å²) in [5, 5.41) is 0. The number of piperidine rings is 1. The van der Waals surface area contributed by atoms with E-state index in [2.05, 4.69) is 18.7 Å². The molecule has 1 aromatic rings. The highest BCUT2D eigenvalue weighted by Crippen LogP contribution is 2.26. The molecule has 8 heteroatoms. The van der Waals surface area contributed by atoms with Crippen molar-refractivity contribution in [2.45, 2.75) is 44.4 Å². The minimum atomic E-state index is -3.42. The first kappa shape index (κ1) is 20.8. The second-order valence-electron chi connectivity index (χ2n) is 8.17. The number of aryl methyl sites for hydroxylation is 1. The van der Waals surface area contributed by atoms with Crippen LogP contribution in [0.2, 0.25) is 0 Å². The minimum absolute atomic E-state index is 0.179. The van der Waals surface area contributed by atoms with Crippen LogP contribution >= 0.6 is 11.3 Å². The van der Waals surface area contributed by atoms with Crippen LogP contribution in [0.1, 0.15) is 32.1 Å². The first-order valence-corrected chi connectivity index (χ1v) is 12.0. The third kappa shape index (κ3) is 4.55. The summed E-state index contributed by atoms with van der Waals surface area (Å²) < 4.78 is 27.5. The summed E-state index contributed by atoms with van der Waals surface area (Å²) >= 11 is 1.32. The number of hydrogen-bond donors (Lipinski definition) is 0. The Labute approximate surface area is 167 Å². The SMILES string of the molecule is Cc1ccc(S(=O)(=O)N2CCN(C(C)C(=O)N3CC(C)CC(C)C3)CC2)s1. The molecule has 2 fully saturated rings. The number of hydrogen-bond acceptors (Lipinski definition) is 5. The van der Waals surface area contributed by atoms with Crippen molar-refractivity contribution in [3.8, 4) is 0 Å². The van der Waals surface area contributed by atoms with E-state index in [1.165, 1.54) is 17.8 Å². The molecule has 0 bridgehead atoms. The lowest BCUT2D eigenvalue weighted by Gasteiger charge is -2.41. The van der Waals surface area contributed by atoms with Crippen LogP contribution in [0, 0.1) is 18.8 Å². The number of thiophene rings is 1. The van der Waals surface area contributed by atoms with Crippen molar-refractivity contribution in [2.24, 2.45) is 11.8 Å². The first-order chi connectivity index (χ1) is 12.7. The maximum atomic E-state index is 12.9. The summed E-state index contributed by atoms with van der Waals surface area (Å²) in [6.07, 6.45) is 1.18. The second kappa shape index (κ2) is 8.19. The molecule has 3 atom stereocenters. The summed E-state index contributed by atoms with van der Waals surface area (Å²) in [6.45, 7) is 12.0. The van der Waals surface area contributed by atoms with Crippen LogP contribution in [0.5, 0.6) is 0 Å². The maximum absolute atomic E-state index is 12.9. The molecule has 27 heavy (non-hydrogen) atoms. The number of amides is 1. The molecule has 0 aliphatic carbocycles. The Balaban J connectivity index is 1.59. The fourth-order valence-electron chi connectivity index (χ4n) is 4.27. The third-order valence-electron chi connectivity index (χ3n) is 5.67. The topological polar surface area (TPSA) is 60.9 Å². The summed E-state index contributed by atoms with van der Waals surface area (Å²) in [5.74, 6) is 1.26. The van der Waals surface area contributed by atoms with Gasteiger partial charge in [0, 0.05) is 44.1 Å². The van der Waals surface area contributed by atoms with Gasteiger partial charge < -0.3 is 4.90 Å². The number of rotatable bonds is 4. The van der Waals surface area contributed by atoms with E-state index in [0.717, 1.165) is 18.0 Å². The number of sulfonamides is 1. The molecular weight excluding hydrogens is 382 g/mol. The molecule has 0 aromatic carbocycles. The van der Waals surface area contributed by atoms with Crippen molar-refractivity contribution >= 4 is 27.3 Å². The maximum Gasteiger partial charge on any atom is 0.252 e. The Kier molecular flexibility index (Phi) is 6.30. The highest BCUT2D eigenvalue weighted by molar-refractivity contribution is 7.91. The van der Waals surface area contributed by atoms with Crippen LogP contribution in [0.25, 0.3) is 0 Å². The zero-order valence-corrected chi connectivity index (χ0v) is 18.4. The quantitative estimate of drug-likeness (QED) is 0.760. The van der Waals surface area contributed by atoms with E-state index in [0.29, 0.717) is 42.2 Å². The van der Waals surface area contributed by atoms with Gasteiger partial charge in [0.1, 0.15) is 4.21 Å². The number of piperazine rings is 1. The van der Waals surface area contributed by atoms with Gasteiger partial charge in [0.25, 0.3) is 10.0 Å². The van der Waals surface area contributed by atoms with Crippen molar-refractivity contribution in [1.29, 1.82) is 0 Å². The van der Waals surface area contributed by atoms with Crippen LogP contribution < -0.4 is 0 Å². The van der Waals surface area contributed by atoms with Gasteiger partial charge in [-0.15, -0.1) is 11.3 Å². The number of carbonyl (C=O) groups is 1. The monoisotopic (exact) mass is 413 g/mol. The zero-order chi connectivity index (χ0) is 19.8.